The highest BCUT2D eigenvalue weighted by atomic mass is 19.1. The monoisotopic (exact) mass is 261 g/mol. The van der Waals surface area contributed by atoms with Gasteiger partial charge in [-0.1, -0.05) is 26.0 Å². The molecular formula is C15H20FN3. The molecule has 4 heteroatoms. The number of halogens is 1. The molecular weight excluding hydrogens is 241 g/mol. The Morgan fingerprint density at radius 2 is 2.16 bits per heavy atom. The van der Waals surface area contributed by atoms with Crippen LogP contribution in [0.1, 0.15) is 25.0 Å². The van der Waals surface area contributed by atoms with Gasteiger partial charge in [-0.3, -0.25) is 4.68 Å². The van der Waals surface area contributed by atoms with Gasteiger partial charge in [-0.05, 0) is 30.2 Å². The average Bonchev–Trinajstić information content (AvgIpc) is 2.76. The summed E-state index contributed by atoms with van der Waals surface area (Å²) in [6.45, 7) is 6.78. The molecule has 2 aromatic rings. The number of nitrogens with one attached hydrogen (secondary N) is 1. The fourth-order valence-corrected chi connectivity index (χ4v) is 1.91. The molecule has 0 aliphatic heterocycles. The van der Waals surface area contributed by atoms with Crippen LogP contribution in [0.25, 0.3) is 0 Å². The third-order valence-corrected chi connectivity index (χ3v) is 2.80. The van der Waals surface area contributed by atoms with Gasteiger partial charge in [0.2, 0.25) is 0 Å². The van der Waals surface area contributed by atoms with E-state index in [-0.39, 0.29) is 5.82 Å². The Kier molecular flexibility index (Phi) is 4.68. The molecule has 0 fully saturated rings. The Morgan fingerprint density at radius 1 is 1.32 bits per heavy atom. The number of rotatable bonds is 6. The molecule has 0 radical (unpaired) electrons. The van der Waals surface area contributed by atoms with E-state index >= 15 is 0 Å². The van der Waals surface area contributed by atoms with E-state index in [0.29, 0.717) is 12.5 Å². The third kappa shape index (κ3) is 4.48. The molecule has 1 aromatic carbocycles. The predicted molar refractivity (Wildman–Crippen MR) is 74.3 cm³/mol. The van der Waals surface area contributed by atoms with Crippen molar-refractivity contribution in [2.45, 2.75) is 26.9 Å². The van der Waals surface area contributed by atoms with Crippen LogP contribution < -0.4 is 5.32 Å². The first kappa shape index (κ1) is 13.7. The summed E-state index contributed by atoms with van der Waals surface area (Å²) in [4.78, 5) is 0. The van der Waals surface area contributed by atoms with Crippen molar-refractivity contribution in [1.29, 1.82) is 0 Å². The van der Waals surface area contributed by atoms with Crippen LogP contribution in [-0.2, 0) is 13.1 Å². The lowest BCUT2D eigenvalue weighted by Crippen LogP contribution is -2.18. The number of hydrogen-bond donors (Lipinski definition) is 1. The molecule has 0 aliphatic rings. The lowest BCUT2D eigenvalue weighted by molar-refractivity contribution is 0.552. The van der Waals surface area contributed by atoms with E-state index in [1.807, 2.05) is 23.1 Å². The minimum atomic E-state index is -0.205. The maximum atomic E-state index is 13.1. The van der Waals surface area contributed by atoms with Crippen molar-refractivity contribution in [3.05, 3.63) is 53.6 Å². The first-order chi connectivity index (χ1) is 9.13. The lowest BCUT2D eigenvalue weighted by atomic mass is 10.2. The summed E-state index contributed by atoms with van der Waals surface area (Å²) in [5.74, 6) is 0.436. The Morgan fingerprint density at radius 3 is 2.89 bits per heavy atom. The predicted octanol–water partition coefficient (Wildman–Crippen LogP) is 2.82. The second-order valence-electron chi connectivity index (χ2n) is 5.20. The Hall–Kier alpha value is -1.68. The smallest absolute Gasteiger partial charge is 0.123 e. The standard InChI is InChI=1S/C15H20FN3/c1-12(2)7-17-8-14-9-18-19(11-14)10-13-4-3-5-15(16)6-13/h3-6,9,11-12,17H,7-8,10H2,1-2H3. The van der Waals surface area contributed by atoms with Crippen LogP contribution in [0.3, 0.4) is 0 Å². The van der Waals surface area contributed by atoms with E-state index in [4.69, 9.17) is 0 Å². The largest absolute Gasteiger partial charge is 0.312 e. The first-order valence-electron chi connectivity index (χ1n) is 6.60. The van der Waals surface area contributed by atoms with Gasteiger partial charge in [0, 0.05) is 18.3 Å². The third-order valence-electron chi connectivity index (χ3n) is 2.80. The quantitative estimate of drug-likeness (QED) is 0.866. The van der Waals surface area contributed by atoms with Gasteiger partial charge < -0.3 is 5.32 Å². The summed E-state index contributed by atoms with van der Waals surface area (Å²) in [6, 6.07) is 6.62. The summed E-state index contributed by atoms with van der Waals surface area (Å²) >= 11 is 0. The molecule has 2 rings (SSSR count). The van der Waals surface area contributed by atoms with Crippen LogP contribution in [0.15, 0.2) is 36.7 Å². The molecule has 0 atom stereocenters. The van der Waals surface area contributed by atoms with Gasteiger partial charge in [-0.15, -0.1) is 0 Å². The molecule has 0 unspecified atom stereocenters. The Labute approximate surface area is 113 Å². The number of benzene rings is 1. The van der Waals surface area contributed by atoms with Crippen LogP contribution in [0.5, 0.6) is 0 Å². The average molecular weight is 261 g/mol. The highest BCUT2D eigenvalue weighted by molar-refractivity contribution is 5.17. The minimum Gasteiger partial charge on any atom is -0.312 e. The van der Waals surface area contributed by atoms with Crippen LogP contribution >= 0.6 is 0 Å². The highest BCUT2D eigenvalue weighted by Crippen LogP contribution is 2.06. The van der Waals surface area contributed by atoms with E-state index in [1.54, 1.807) is 12.1 Å². The number of nitrogens with zero attached hydrogens (tertiary/aromatic N) is 2. The molecule has 0 amide bonds. The zero-order valence-corrected chi connectivity index (χ0v) is 11.4. The topological polar surface area (TPSA) is 29.9 Å². The maximum Gasteiger partial charge on any atom is 0.123 e. The van der Waals surface area contributed by atoms with Gasteiger partial charge in [0.1, 0.15) is 5.82 Å². The second-order valence-corrected chi connectivity index (χ2v) is 5.20. The lowest BCUT2D eigenvalue weighted by Gasteiger charge is -2.05. The molecule has 3 nitrogen and oxygen atoms in total. The zero-order chi connectivity index (χ0) is 13.7. The molecule has 0 saturated carbocycles. The van der Waals surface area contributed by atoms with Crippen molar-refractivity contribution in [3.63, 3.8) is 0 Å². The van der Waals surface area contributed by atoms with Crippen LogP contribution in [0.2, 0.25) is 0 Å². The second kappa shape index (κ2) is 6.48. The fourth-order valence-electron chi connectivity index (χ4n) is 1.91. The molecule has 1 heterocycles. The van der Waals surface area contributed by atoms with Crippen molar-refractivity contribution < 1.29 is 4.39 Å². The van der Waals surface area contributed by atoms with E-state index in [2.05, 4.69) is 24.3 Å². The normalized spacial score (nSPS) is 11.2. The van der Waals surface area contributed by atoms with E-state index in [9.17, 15) is 4.39 Å². The summed E-state index contributed by atoms with van der Waals surface area (Å²) in [7, 11) is 0. The highest BCUT2D eigenvalue weighted by Gasteiger charge is 2.01. The molecule has 1 N–H and O–H groups in total. The van der Waals surface area contributed by atoms with Crippen molar-refractivity contribution in [3.8, 4) is 0 Å². The van der Waals surface area contributed by atoms with Gasteiger partial charge in [-0.2, -0.15) is 5.10 Å². The van der Waals surface area contributed by atoms with Crippen molar-refractivity contribution in [2.24, 2.45) is 5.92 Å². The molecule has 19 heavy (non-hydrogen) atoms. The summed E-state index contributed by atoms with van der Waals surface area (Å²) in [5, 5.41) is 7.67. The van der Waals surface area contributed by atoms with Crippen LogP contribution in [-0.4, -0.2) is 16.3 Å². The molecule has 102 valence electrons. The number of aromatic nitrogens is 2. The molecule has 1 aromatic heterocycles. The van der Waals surface area contributed by atoms with E-state index in [1.165, 1.54) is 6.07 Å². The van der Waals surface area contributed by atoms with Gasteiger partial charge in [-0.25, -0.2) is 4.39 Å². The SMILES string of the molecule is CC(C)CNCc1cnn(Cc2cccc(F)c2)c1. The van der Waals surface area contributed by atoms with Crippen molar-refractivity contribution >= 4 is 0 Å². The minimum absolute atomic E-state index is 0.205. The molecule has 0 bridgehead atoms. The van der Waals surface area contributed by atoms with E-state index in [0.717, 1.165) is 24.2 Å². The summed E-state index contributed by atoms with van der Waals surface area (Å²) < 4.78 is 14.9. The van der Waals surface area contributed by atoms with Crippen LogP contribution in [0, 0.1) is 11.7 Å². The van der Waals surface area contributed by atoms with E-state index < -0.39 is 0 Å². The van der Waals surface area contributed by atoms with Gasteiger partial charge in [0.15, 0.2) is 0 Å². The number of hydrogen-bond acceptors (Lipinski definition) is 2. The molecule has 0 spiro atoms. The van der Waals surface area contributed by atoms with Gasteiger partial charge in [0.25, 0.3) is 0 Å². The molecule has 0 aliphatic carbocycles. The Balaban J connectivity index is 1.90. The van der Waals surface area contributed by atoms with Crippen molar-refractivity contribution in [1.82, 2.24) is 15.1 Å². The van der Waals surface area contributed by atoms with Gasteiger partial charge in [0.05, 0.1) is 12.7 Å². The zero-order valence-electron chi connectivity index (χ0n) is 11.4. The fraction of sp³-hybridized carbons (Fsp3) is 0.400. The van der Waals surface area contributed by atoms with Crippen LogP contribution in [0.4, 0.5) is 4.39 Å². The first-order valence-corrected chi connectivity index (χ1v) is 6.60. The summed E-state index contributed by atoms with van der Waals surface area (Å²) in [5.41, 5.74) is 2.07. The summed E-state index contributed by atoms with van der Waals surface area (Å²) in [6.07, 6.45) is 3.85. The Bertz CT molecular complexity index is 520. The molecule has 0 saturated heterocycles. The van der Waals surface area contributed by atoms with Crippen molar-refractivity contribution in [2.75, 3.05) is 6.54 Å². The maximum absolute atomic E-state index is 13.1. The van der Waals surface area contributed by atoms with Gasteiger partial charge >= 0.3 is 0 Å².